The molecular formula is C14H21NO. The number of hydrogen-bond donors (Lipinski definition) is 1. The summed E-state index contributed by atoms with van der Waals surface area (Å²) in [5, 5.41) is 0. The lowest BCUT2D eigenvalue weighted by Crippen LogP contribution is -2.28. The van der Waals surface area contributed by atoms with Gasteiger partial charge in [-0.15, -0.1) is 0 Å². The van der Waals surface area contributed by atoms with Gasteiger partial charge in [-0.1, -0.05) is 31.0 Å². The van der Waals surface area contributed by atoms with Crippen LogP contribution in [0, 0.1) is 6.92 Å². The van der Waals surface area contributed by atoms with E-state index < -0.39 is 0 Å². The van der Waals surface area contributed by atoms with Crippen molar-refractivity contribution in [3.05, 3.63) is 29.3 Å². The Kier molecular flexibility index (Phi) is 3.49. The van der Waals surface area contributed by atoms with E-state index in [0.717, 1.165) is 31.4 Å². The largest absolute Gasteiger partial charge is 0.490 e. The van der Waals surface area contributed by atoms with Crippen LogP contribution in [0.1, 0.15) is 37.3 Å². The molecule has 16 heavy (non-hydrogen) atoms. The molecule has 1 aromatic carbocycles. The van der Waals surface area contributed by atoms with Crippen molar-refractivity contribution in [2.45, 2.75) is 51.7 Å². The first-order chi connectivity index (χ1) is 7.69. The van der Waals surface area contributed by atoms with E-state index in [0.29, 0.717) is 6.10 Å². The number of aryl methyl sites for hydroxylation is 1. The van der Waals surface area contributed by atoms with Crippen LogP contribution in [-0.4, -0.2) is 12.1 Å². The van der Waals surface area contributed by atoms with Gasteiger partial charge >= 0.3 is 0 Å². The van der Waals surface area contributed by atoms with Crippen LogP contribution in [-0.2, 0) is 6.42 Å². The van der Waals surface area contributed by atoms with Crippen LogP contribution in [0.25, 0.3) is 0 Å². The van der Waals surface area contributed by atoms with Crippen LogP contribution >= 0.6 is 0 Å². The Balaban J connectivity index is 1.95. The van der Waals surface area contributed by atoms with Crippen molar-refractivity contribution >= 4 is 0 Å². The average Bonchev–Trinajstić information content (AvgIpc) is 2.59. The number of benzene rings is 1. The summed E-state index contributed by atoms with van der Waals surface area (Å²) >= 11 is 0. The lowest BCUT2D eigenvalue weighted by atomic mass is 10.0. The predicted octanol–water partition coefficient (Wildman–Crippen LogP) is 2.82. The number of ether oxygens (including phenoxy) is 1. The minimum atomic E-state index is 0.283. The molecule has 88 valence electrons. The average molecular weight is 219 g/mol. The van der Waals surface area contributed by atoms with Crippen LogP contribution in [0.4, 0.5) is 0 Å². The fraction of sp³-hybridized carbons (Fsp3) is 0.571. The van der Waals surface area contributed by atoms with Gasteiger partial charge in [-0.05, 0) is 31.4 Å². The van der Waals surface area contributed by atoms with E-state index >= 15 is 0 Å². The van der Waals surface area contributed by atoms with E-state index in [-0.39, 0.29) is 6.04 Å². The second-order valence-electron chi connectivity index (χ2n) is 4.84. The maximum absolute atomic E-state index is 6.05. The molecule has 0 aliphatic carbocycles. The summed E-state index contributed by atoms with van der Waals surface area (Å²) in [5.74, 6) is 1.05. The zero-order chi connectivity index (χ0) is 11.5. The van der Waals surface area contributed by atoms with Gasteiger partial charge in [-0.3, -0.25) is 0 Å². The molecule has 1 heterocycles. The molecular weight excluding hydrogens is 198 g/mol. The van der Waals surface area contributed by atoms with Crippen molar-refractivity contribution in [1.82, 2.24) is 0 Å². The van der Waals surface area contributed by atoms with Gasteiger partial charge in [0.15, 0.2) is 0 Å². The zero-order valence-corrected chi connectivity index (χ0v) is 10.2. The van der Waals surface area contributed by atoms with Crippen LogP contribution in [0.3, 0.4) is 0 Å². The highest BCUT2D eigenvalue weighted by atomic mass is 16.5. The SMILES string of the molecule is CCCC(N)CC1Cc2cc(C)ccc2O1. The highest BCUT2D eigenvalue weighted by Crippen LogP contribution is 2.31. The monoisotopic (exact) mass is 219 g/mol. The van der Waals surface area contributed by atoms with Gasteiger partial charge in [0.05, 0.1) is 0 Å². The van der Waals surface area contributed by atoms with Crippen molar-refractivity contribution in [3.63, 3.8) is 0 Å². The molecule has 0 radical (unpaired) electrons. The number of hydrogen-bond acceptors (Lipinski definition) is 2. The molecule has 0 fully saturated rings. The van der Waals surface area contributed by atoms with E-state index in [1.165, 1.54) is 11.1 Å². The fourth-order valence-corrected chi connectivity index (χ4v) is 2.41. The van der Waals surface area contributed by atoms with Gasteiger partial charge in [0.25, 0.3) is 0 Å². The highest BCUT2D eigenvalue weighted by molar-refractivity contribution is 5.40. The Bertz CT molecular complexity index is 362. The summed E-state index contributed by atoms with van der Waals surface area (Å²) < 4.78 is 5.90. The minimum Gasteiger partial charge on any atom is -0.490 e. The summed E-state index contributed by atoms with van der Waals surface area (Å²) in [6.07, 6.45) is 4.53. The predicted molar refractivity (Wildman–Crippen MR) is 66.8 cm³/mol. The highest BCUT2D eigenvalue weighted by Gasteiger charge is 2.24. The standard InChI is InChI=1S/C14H21NO/c1-3-4-12(15)9-13-8-11-7-10(2)5-6-14(11)16-13/h5-7,12-13H,3-4,8-9,15H2,1-2H3. The minimum absolute atomic E-state index is 0.283. The quantitative estimate of drug-likeness (QED) is 0.845. The van der Waals surface area contributed by atoms with E-state index in [2.05, 4.69) is 32.0 Å². The molecule has 1 aromatic rings. The van der Waals surface area contributed by atoms with Crippen LogP contribution in [0.5, 0.6) is 5.75 Å². The molecule has 0 amide bonds. The molecule has 0 saturated heterocycles. The molecule has 2 atom stereocenters. The first-order valence-electron chi connectivity index (χ1n) is 6.20. The molecule has 2 rings (SSSR count). The third-order valence-electron chi connectivity index (χ3n) is 3.18. The summed E-state index contributed by atoms with van der Waals surface area (Å²) in [6, 6.07) is 6.69. The number of nitrogens with two attached hydrogens (primary N) is 1. The maximum atomic E-state index is 6.05. The van der Waals surface area contributed by atoms with Crippen molar-refractivity contribution < 1.29 is 4.74 Å². The van der Waals surface area contributed by atoms with Gasteiger partial charge in [0.2, 0.25) is 0 Å². The fourth-order valence-electron chi connectivity index (χ4n) is 2.41. The zero-order valence-electron chi connectivity index (χ0n) is 10.2. The van der Waals surface area contributed by atoms with E-state index in [4.69, 9.17) is 10.5 Å². The molecule has 2 N–H and O–H groups in total. The van der Waals surface area contributed by atoms with E-state index in [1.54, 1.807) is 0 Å². The number of fused-ring (bicyclic) bond motifs is 1. The Hall–Kier alpha value is -1.02. The second-order valence-corrected chi connectivity index (χ2v) is 4.84. The van der Waals surface area contributed by atoms with Crippen molar-refractivity contribution in [3.8, 4) is 5.75 Å². The molecule has 2 nitrogen and oxygen atoms in total. The normalized spacial score (nSPS) is 20.3. The Labute approximate surface area is 97.8 Å². The lowest BCUT2D eigenvalue weighted by molar-refractivity contribution is 0.208. The Morgan fingerprint density at radius 2 is 2.31 bits per heavy atom. The maximum Gasteiger partial charge on any atom is 0.123 e. The van der Waals surface area contributed by atoms with E-state index in [9.17, 15) is 0 Å². The molecule has 0 bridgehead atoms. The smallest absolute Gasteiger partial charge is 0.123 e. The molecule has 0 saturated carbocycles. The van der Waals surface area contributed by atoms with Gasteiger partial charge in [0.1, 0.15) is 11.9 Å². The van der Waals surface area contributed by atoms with Crippen molar-refractivity contribution in [2.75, 3.05) is 0 Å². The molecule has 2 unspecified atom stereocenters. The first kappa shape index (κ1) is 11.5. The molecule has 1 aliphatic rings. The van der Waals surface area contributed by atoms with Gasteiger partial charge < -0.3 is 10.5 Å². The van der Waals surface area contributed by atoms with Crippen LogP contribution < -0.4 is 10.5 Å². The van der Waals surface area contributed by atoms with E-state index in [1.807, 2.05) is 0 Å². The van der Waals surface area contributed by atoms with Crippen LogP contribution in [0.15, 0.2) is 18.2 Å². The van der Waals surface area contributed by atoms with Crippen LogP contribution in [0.2, 0.25) is 0 Å². The third-order valence-corrected chi connectivity index (χ3v) is 3.18. The summed E-state index contributed by atoms with van der Waals surface area (Å²) in [7, 11) is 0. The second kappa shape index (κ2) is 4.88. The molecule has 2 heteroatoms. The Morgan fingerprint density at radius 3 is 3.06 bits per heavy atom. The summed E-state index contributed by atoms with van der Waals surface area (Å²) in [6.45, 7) is 4.30. The first-order valence-corrected chi connectivity index (χ1v) is 6.20. The topological polar surface area (TPSA) is 35.2 Å². The van der Waals surface area contributed by atoms with Gasteiger partial charge in [0, 0.05) is 12.5 Å². The third kappa shape index (κ3) is 2.56. The van der Waals surface area contributed by atoms with Gasteiger partial charge in [-0.25, -0.2) is 0 Å². The molecule has 1 aliphatic heterocycles. The van der Waals surface area contributed by atoms with Crippen molar-refractivity contribution in [2.24, 2.45) is 5.73 Å². The number of rotatable bonds is 4. The van der Waals surface area contributed by atoms with Crippen molar-refractivity contribution in [1.29, 1.82) is 0 Å². The lowest BCUT2D eigenvalue weighted by Gasteiger charge is -2.15. The molecule has 0 spiro atoms. The Morgan fingerprint density at radius 1 is 1.50 bits per heavy atom. The summed E-state index contributed by atoms with van der Waals surface area (Å²) in [4.78, 5) is 0. The van der Waals surface area contributed by atoms with Gasteiger partial charge in [-0.2, -0.15) is 0 Å². The summed E-state index contributed by atoms with van der Waals surface area (Å²) in [5.41, 5.74) is 8.70. The molecule has 0 aromatic heterocycles.